The molecule has 1 aliphatic rings. The molecular weight excluding hydrogens is 374 g/mol. The number of aromatic nitrogens is 3. The topological polar surface area (TPSA) is 71.0 Å². The number of amides is 1. The van der Waals surface area contributed by atoms with Crippen molar-refractivity contribution in [1.82, 2.24) is 19.9 Å². The number of hydrogen-bond donors (Lipinski definition) is 1. The van der Waals surface area contributed by atoms with E-state index in [0.717, 1.165) is 30.2 Å². The third-order valence-corrected chi connectivity index (χ3v) is 5.54. The zero-order chi connectivity index (χ0) is 19.5. The molecule has 7 heteroatoms. The molecule has 1 N–H and O–H groups in total. The lowest BCUT2D eigenvalue weighted by molar-refractivity contribution is 0.0536. The van der Waals surface area contributed by atoms with Crippen LogP contribution in [0.15, 0.2) is 48.9 Å². The minimum atomic E-state index is -0.0211. The van der Waals surface area contributed by atoms with Crippen LogP contribution >= 0.6 is 11.6 Å². The third kappa shape index (κ3) is 3.78. The van der Waals surface area contributed by atoms with Crippen molar-refractivity contribution in [2.75, 3.05) is 18.4 Å². The fourth-order valence-corrected chi connectivity index (χ4v) is 3.94. The van der Waals surface area contributed by atoms with Crippen LogP contribution in [0, 0.1) is 5.92 Å². The first kappa shape index (κ1) is 18.6. The molecule has 0 aliphatic carbocycles. The monoisotopic (exact) mass is 395 g/mol. The first-order valence-electron chi connectivity index (χ1n) is 9.49. The number of nitrogens with zero attached hydrogens (tertiary/aromatic N) is 4. The summed E-state index contributed by atoms with van der Waals surface area (Å²) in [5.74, 6) is 0.859. The Morgan fingerprint density at radius 3 is 2.82 bits per heavy atom. The van der Waals surface area contributed by atoms with Crippen molar-refractivity contribution >= 4 is 34.2 Å². The van der Waals surface area contributed by atoms with Crippen molar-refractivity contribution < 1.29 is 4.79 Å². The largest absolute Gasteiger partial charge is 0.352 e. The lowest BCUT2D eigenvalue weighted by Crippen LogP contribution is -2.51. The second-order valence-corrected chi connectivity index (χ2v) is 7.61. The van der Waals surface area contributed by atoms with Gasteiger partial charge in [0.15, 0.2) is 0 Å². The van der Waals surface area contributed by atoms with Crippen LogP contribution in [0.25, 0.3) is 10.8 Å². The maximum Gasteiger partial charge on any atom is 0.273 e. The SMILES string of the molecule is CC1CCCN(C(=O)c2nccc3ccccc23)C1CNc1ncc(Cl)cn1. The van der Waals surface area contributed by atoms with Gasteiger partial charge in [-0.25, -0.2) is 9.97 Å². The van der Waals surface area contributed by atoms with E-state index in [1.807, 2.05) is 35.2 Å². The molecule has 3 aromatic rings. The normalized spacial score (nSPS) is 19.6. The summed E-state index contributed by atoms with van der Waals surface area (Å²) in [7, 11) is 0. The third-order valence-electron chi connectivity index (χ3n) is 5.34. The van der Waals surface area contributed by atoms with Gasteiger partial charge >= 0.3 is 0 Å². The number of hydrogen-bond acceptors (Lipinski definition) is 5. The van der Waals surface area contributed by atoms with Crippen LogP contribution in [0.1, 0.15) is 30.3 Å². The summed E-state index contributed by atoms with van der Waals surface area (Å²) in [6, 6.07) is 9.85. The van der Waals surface area contributed by atoms with Crippen LogP contribution < -0.4 is 5.32 Å². The highest BCUT2D eigenvalue weighted by molar-refractivity contribution is 6.30. The number of carbonyl (C=O) groups excluding carboxylic acids is 1. The van der Waals surface area contributed by atoms with Gasteiger partial charge in [-0.1, -0.05) is 42.8 Å². The molecule has 0 saturated carbocycles. The van der Waals surface area contributed by atoms with Gasteiger partial charge in [0.25, 0.3) is 5.91 Å². The van der Waals surface area contributed by atoms with E-state index < -0.39 is 0 Å². The Kier molecular flexibility index (Phi) is 5.39. The van der Waals surface area contributed by atoms with Crippen LogP contribution in [0.5, 0.6) is 0 Å². The second-order valence-electron chi connectivity index (χ2n) is 7.17. The van der Waals surface area contributed by atoms with E-state index in [1.165, 1.54) is 0 Å². The molecule has 144 valence electrons. The highest BCUT2D eigenvalue weighted by Gasteiger charge is 2.33. The number of nitrogens with one attached hydrogen (secondary N) is 1. The van der Waals surface area contributed by atoms with E-state index >= 15 is 0 Å². The number of halogens is 1. The Bertz CT molecular complexity index is 973. The van der Waals surface area contributed by atoms with Gasteiger partial charge < -0.3 is 10.2 Å². The van der Waals surface area contributed by atoms with Crippen molar-refractivity contribution in [1.29, 1.82) is 0 Å². The first-order valence-corrected chi connectivity index (χ1v) is 9.87. The van der Waals surface area contributed by atoms with Gasteiger partial charge in [0.1, 0.15) is 5.69 Å². The second kappa shape index (κ2) is 8.10. The summed E-state index contributed by atoms with van der Waals surface area (Å²) < 4.78 is 0. The molecule has 1 saturated heterocycles. The Balaban J connectivity index is 1.58. The summed E-state index contributed by atoms with van der Waals surface area (Å²) in [6.07, 6.45) is 6.90. The molecule has 2 unspecified atom stereocenters. The summed E-state index contributed by atoms with van der Waals surface area (Å²) >= 11 is 5.85. The lowest BCUT2D eigenvalue weighted by atomic mass is 9.90. The summed E-state index contributed by atoms with van der Waals surface area (Å²) in [5.41, 5.74) is 0.514. The number of rotatable bonds is 4. The van der Waals surface area contributed by atoms with Gasteiger partial charge in [-0.2, -0.15) is 0 Å². The van der Waals surface area contributed by atoms with Gasteiger partial charge in [0.2, 0.25) is 5.95 Å². The smallest absolute Gasteiger partial charge is 0.273 e. The fourth-order valence-electron chi connectivity index (χ4n) is 3.84. The zero-order valence-electron chi connectivity index (χ0n) is 15.7. The summed E-state index contributed by atoms with van der Waals surface area (Å²) in [6.45, 7) is 3.49. The van der Waals surface area contributed by atoms with E-state index in [0.29, 0.717) is 29.1 Å². The number of benzene rings is 1. The van der Waals surface area contributed by atoms with Gasteiger partial charge in [-0.05, 0) is 30.2 Å². The van der Waals surface area contributed by atoms with Crippen molar-refractivity contribution in [2.45, 2.75) is 25.8 Å². The van der Waals surface area contributed by atoms with Gasteiger partial charge in [-0.3, -0.25) is 9.78 Å². The number of fused-ring (bicyclic) bond motifs is 1. The predicted molar refractivity (Wildman–Crippen MR) is 110 cm³/mol. The molecule has 1 amide bonds. The Hall–Kier alpha value is -2.73. The van der Waals surface area contributed by atoms with E-state index in [4.69, 9.17) is 11.6 Å². The molecule has 6 nitrogen and oxygen atoms in total. The Morgan fingerprint density at radius 1 is 1.21 bits per heavy atom. The number of piperidine rings is 1. The number of pyridine rings is 1. The van der Waals surface area contributed by atoms with Gasteiger partial charge in [0.05, 0.1) is 23.5 Å². The van der Waals surface area contributed by atoms with E-state index in [1.54, 1.807) is 18.6 Å². The number of anilines is 1. The Labute approximate surface area is 169 Å². The van der Waals surface area contributed by atoms with Crippen LogP contribution in [0.3, 0.4) is 0 Å². The van der Waals surface area contributed by atoms with Crippen molar-refractivity contribution in [3.8, 4) is 0 Å². The molecule has 0 radical (unpaired) electrons. The minimum Gasteiger partial charge on any atom is -0.352 e. The molecule has 1 aromatic carbocycles. The molecular formula is C21H22ClN5O. The molecule has 2 atom stereocenters. The van der Waals surface area contributed by atoms with Crippen molar-refractivity contribution in [3.05, 3.63) is 59.6 Å². The molecule has 0 spiro atoms. The van der Waals surface area contributed by atoms with E-state index in [-0.39, 0.29) is 11.9 Å². The molecule has 28 heavy (non-hydrogen) atoms. The molecule has 0 bridgehead atoms. The Morgan fingerprint density at radius 2 is 2.00 bits per heavy atom. The molecule has 1 aliphatic heterocycles. The number of likely N-dealkylation sites (tertiary alicyclic amines) is 1. The quantitative estimate of drug-likeness (QED) is 0.722. The average Bonchev–Trinajstić information content (AvgIpc) is 2.73. The van der Waals surface area contributed by atoms with Crippen LogP contribution in [-0.4, -0.2) is 44.9 Å². The lowest BCUT2D eigenvalue weighted by Gasteiger charge is -2.40. The predicted octanol–water partition coefficient (Wildman–Crippen LogP) is 4.03. The number of carbonyl (C=O) groups is 1. The standard InChI is InChI=1S/C21H22ClN5O/c1-14-5-4-10-27(18(14)13-26-21-24-11-16(22)12-25-21)20(28)19-17-7-3-2-6-15(17)8-9-23-19/h2-3,6-9,11-12,14,18H,4-5,10,13H2,1H3,(H,24,25,26). The molecule has 1 fully saturated rings. The maximum atomic E-state index is 13.4. The van der Waals surface area contributed by atoms with Crippen molar-refractivity contribution in [3.63, 3.8) is 0 Å². The van der Waals surface area contributed by atoms with Gasteiger partial charge in [-0.15, -0.1) is 0 Å². The maximum absolute atomic E-state index is 13.4. The average molecular weight is 396 g/mol. The fraction of sp³-hybridized carbons (Fsp3) is 0.333. The minimum absolute atomic E-state index is 0.0211. The summed E-state index contributed by atoms with van der Waals surface area (Å²) in [4.78, 5) is 28.2. The molecule has 3 heterocycles. The molecule has 4 rings (SSSR count). The van der Waals surface area contributed by atoms with Crippen LogP contribution in [0.2, 0.25) is 5.02 Å². The molecule has 2 aromatic heterocycles. The van der Waals surface area contributed by atoms with E-state index in [2.05, 4.69) is 27.2 Å². The summed E-state index contributed by atoms with van der Waals surface area (Å²) in [5, 5.41) is 5.66. The highest BCUT2D eigenvalue weighted by Crippen LogP contribution is 2.27. The van der Waals surface area contributed by atoms with Crippen LogP contribution in [-0.2, 0) is 0 Å². The van der Waals surface area contributed by atoms with Gasteiger partial charge in [0, 0.05) is 24.7 Å². The van der Waals surface area contributed by atoms with Crippen molar-refractivity contribution in [2.24, 2.45) is 5.92 Å². The van der Waals surface area contributed by atoms with Crippen LogP contribution in [0.4, 0.5) is 5.95 Å². The zero-order valence-corrected chi connectivity index (χ0v) is 16.4. The van der Waals surface area contributed by atoms with E-state index in [9.17, 15) is 4.79 Å². The first-order chi connectivity index (χ1) is 13.6. The highest BCUT2D eigenvalue weighted by atomic mass is 35.5.